The van der Waals surface area contributed by atoms with Gasteiger partial charge in [-0.3, -0.25) is 0 Å². The van der Waals surface area contributed by atoms with Gasteiger partial charge in [-0.25, -0.2) is 0 Å². The van der Waals surface area contributed by atoms with Gasteiger partial charge in [0.1, 0.15) is 0 Å². The van der Waals surface area contributed by atoms with Gasteiger partial charge in [0.15, 0.2) is 0 Å². The maximum absolute atomic E-state index is 3.45. The third-order valence-corrected chi connectivity index (χ3v) is 2.13. The van der Waals surface area contributed by atoms with Crippen molar-refractivity contribution >= 4 is 0 Å². The van der Waals surface area contributed by atoms with Gasteiger partial charge in [0.25, 0.3) is 0 Å². The monoisotopic (exact) mass is 112 g/mol. The van der Waals surface area contributed by atoms with Crippen LogP contribution in [0.15, 0.2) is 0 Å². The molecule has 2 bridgehead atoms. The van der Waals surface area contributed by atoms with Crippen molar-refractivity contribution in [3.8, 4) is 0 Å². The van der Waals surface area contributed by atoms with Crippen LogP contribution in [0.5, 0.6) is 0 Å². The molecule has 2 aliphatic heterocycles. The van der Waals surface area contributed by atoms with Gasteiger partial charge in [-0.15, -0.1) is 0 Å². The van der Waals surface area contributed by atoms with Gasteiger partial charge in [0.2, 0.25) is 0 Å². The molecule has 0 aromatic heterocycles. The summed E-state index contributed by atoms with van der Waals surface area (Å²) in [5, 5.41) is 6.90. The molecular weight excluding hydrogens is 100 g/mol. The summed E-state index contributed by atoms with van der Waals surface area (Å²) >= 11 is 0. The Bertz CT molecular complexity index is 71.0. The minimum Gasteiger partial charge on any atom is -0.313 e. The number of hydrogen-bond donors (Lipinski definition) is 2. The first-order valence-corrected chi connectivity index (χ1v) is 3.42. The van der Waals surface area contributed by atoms with Crippen molar-refractivity contribution in [2.24, 2.45) is 0 Å². The van der Waals surface area contributed by atoms with E-state index in [4.69, 9.17) is 0 Å². The van der Waals surface area contributed by atoms with Crippen molar-refractivity contribution in [2.75, 3.05) is 13.1 Å². The van der Waals surface area contributed by atoms with Crippen LogP contribution < -0.4 is 10.6 Å². The maximum Gasteiger partial charge on any atom is 0.00972 e. The van der Waals surface area contributed by atoms with E-state index in [2.05, 4.69) is 10.6 Å². The van der Waals surface area contributed by atoms with Gasteiger partial charge in [-0.05, 0) is 12.8 Å². The fourth-order valence-electron chi connectivity index (χ4n) is 1.50. The Labute approximate surface area is 49.7 Å². The summed E-state index contributed by atoms with van der Waals surface area (Å²) in [6.07, 6.45) is 2.72. The standard InChI is InChI=1S/C6H12N2/c1-2-8-6-3-5(4-6)7-1/h5-8H,1-4H2. The van der Waals surface area contributed by atoms with Crippen LogP contribution in [0.4, 0.5) is 0 Å². The zero-order chi connectivity index (χ0) is 5.40. The van der Waals surface area contributed by atoms with E-state index >= 15 is 0 Å². The van der Waals surface area contributed by atoms with Crippen LogP contribution in [-0.4, -0.2) is 25.2 Å². The van der Waals surface area contributed by atoms with Gasteiger partial charge in [-0.2, -0.15) is 0 Å². The molecule has 3 rings (SSSR count). The van der Waals surface area contributed by atoms with Crippen LogP contribution in [0, 0.1) is 0 Å². The largest absolute Gasteiger partial charge is 0.313 e. The highest BCUT2D eigenvalue weighted by Crippen LogP contribution is 2.20. The van der Waals surface area contributed by atoms with E-state index in [-0.39, 0.29) is 0 Å². The predicted octanol–water partition coefficient (Wildman–Crippen LogP) is -0.290. The Morgan fingerprint density at radius 1 is 0.875 bits per heavy atom. The molecular formula is C6H12N2. The smallest absolute Gasteiger partial charge is 0.00972 e. The van der Waals surface area contributed by atoms with Crippen LogP contribution in [0.2, 0.25) is 0 Å². The first-order valence-electron chi connectivity index (χ1n) is 3.42. The molecule has 2 heterocycles. The van der Waals surface area contributed by atoms with Crippen LogP contribution in [-0.2, 0) is 0 Å². The van der Waals surface area contributed by atoms with Crippen LogP contribution in [0.1, 0.15) is 12.8 Å². The lowest BCUT2D eigenvalue weighted by molar-refractivity contribution is 0.294. The summed E-state index contributed by atoms with van der Waals surface area (Å²) in [7, 11) is 0. The van der Waals surface area contributed by atoms with E-state index in [9.17, 15) is 0 Å². The second kappa shape index (κ2) is 1.71. The Hall–Kier alpha value is -0.0800. The first kappa shape index (κ1) is 4.77. The highest BCUT2D eigenvalue weighted by atomic mass is 15.1. The molecule has 3 aliphatic rings. The molecule has 3 fully saturated rings. The fraction of sp³-hybridized carbons (Fsp3) is 1.00. The Morgan fingerprint density at radius 3 is 1.88 bits per heavy atom. The van der Waals surface area contributed by atoms with Crippen molar-refractivity contribution in [2.45, 2.75) is 24.9 Å². The second-order valence-electron chi connectivity index (χ2n) is 2.77. The van der Waals surface area contributed by atoms with E-state index in [0.29, 0.717) is 0 Å². The summed E-state index contributed by atoms with van der Waals surface area (Å²) in [6.45, 7) is 2.34. The van der Waals surface area contributed by atoms with Crippen LogP contribution in [0.3, 0.4) is 0 Å². The van der Waals surface area contributed by atoms with Crippen molar-refractivity contribution < 1.29 is 0 Å². The Balaban J connectivity index is 1.95. The zero-order valence-corrected chi connectivity index (χ0v) is 4.98. The molecule has 8 heavy (non-hydrogen) atoms. The number of fused-ring (bicyclic) bond motifs is 3. The van der Waals surface area contributed by atoms with Crippen molar-refractivity contribution in [1.82, 2.24) is 10.6 Å². The van der Waals surface area contributed by atoms with Crippen molar-refractivity contribution in [3.05, 3.63) is 0 Å². The van der Waals surface area contributed by atoms with Gasteiger partial charge in [-0.1, -0.05) is 0 Å². The van der Waals surface area contributed by atoms with Crippen molar-refractivity contribution in [3.63, 3.8) is 0 Å². The Kier molecular flexibility index (Phi) is 1.02. The molecule has 46 valence electrons. The highest BCUT2D eigenvalue weighted by Gasteiger charge is 2.29. The molecule has 0 unspecified atom stereocenters. The first-order chi connectivity index (χ1) is 3.95. The molecule has 0 aromatic carbocycles. The lowest BCUT2D eigenvalue weighted by Gasteiger charge is -2.32. The lowest BCUT2D eigenvalue weighted by atomic mass is 9.88. The van der Waals surface area contributed by atoms with E-state index in [0.717, 1.165) is 12.1 Å². The van der Waals surface area contributed by atoms with Gasteiger partial charge in [0.05, 0.1) is 0 Å². The highest BCUT2D eigenvalue weighted by molar-refractivity contribution is 4.92. The van der Waals surface area contributed by atoms with E-state index in [1.165, 1.54) is 25.9 Å². The van der Waals surface area contributed by atoms with E-state index in [1.54, 1.807) is 0 Å². The molecule has 0 spiro atoms. The van der Waals surface area contributed by atoms with Gasteiger partial charge < -0.3 is 10.6 Å². The number of rotatable bonds is 0. The summed E-state index contributed by atoms with van der Waals surface area (Å²) in [5.41, 5.74) is 0. The van der Waals surface area contributed by atoms with E-state index in [1.807, 2.05) is 0 Å². The predicted molar refractivity (Wildman–Crippen MR) is 32.8 cm³/mol. The molecule has 2 nitrogen and oxygen atoms in total. The SMILES string of the molecule is C1CNC2CC(C2)N1. The molecule has 2 saturated heterocycles. The summed E-state index contributed by atoms with van der Waals surface area (Å²) < 4.78 is 0. The molecule has 0 aromatic rings. The van der Waals surface area contributed by atoms with E-state index < -0.39 is 0 Å². The summed E-state index contributed by atoms with van der Waals surface area (Å²) in [4.78, 5) is 0. The zero-order valence-electron chi connectivity index (χ0n) is 4.98. The molecule has 2 N–H and O–H groups in total. The second-order valence-corrected chi connectivity index (χ2v) is 2.77. The average molecular weight is 112 g/mol. The molecule has 1 saturated carbocycles. The summed E-state index contributed by atoms with van der Waals surface area (Å²) in [5.74, 6) is 0. The van der Waals surface area contributed by atoms with Crippen molar-refractivity contribution in [1.29, 1.82) is 0 Å². The van der Waals surface area contributed by atoms with Crippen LogP contribution in [0.25, 0.3) is 0 Å². The topological polar surface area (TPSA) is 24.1 Å². The molecule has 1 aliphatic carbocycles. The molecule has 0 radical (unpaired) electrons. The average Bonchev–Trinajstić information content (AvgIpc) is 1.89. The molecule has 2 heteroatoms. The lowest BCUT2D eigenvalue weighted by Crippen LogP contribution is -2.45. The quantitative estimate of drug-likeness (QED) is 0.450. The number of hydrogen-bond acceptors (Lipinski definition) is 2. The summed E-state index contributed by atoms with van der Waals surface area (Å²) in [6, 6.07) is 1.71. The maximum atomic E-state index is 3.45. The third kappa shape index (κ3) is 0.644. The minimum atomic E-state index is 0.856. The molecule has 0 amide bonds. The van der Waals surface area contributed by atoms with Gasteiger partial charge in [0, 0.05) is 25.2 Å². The normalized spacial score (nSPS) is 45.0. The molecule has 0 atom stereocenters. The Morgan fingerprint density at radius 2 is 1.38 bits per heavy atom. The van der Waals surface area contributed by atoms with Gasteiger partial charge >= 0.3 is 0 Å². The fourth-order valence-corrected chi connectivity index (χ4v) is 1.50. The minimum absolute atomic E-state index is 0.856. The number of nitrogens with one attached hydrogen (secondary N) is 2. The van der Waals surface area contributed by atoms with Crippen LogP contribution >= 0.6 is 0 Å². The third-order valence-electron chi connectivity index (χ3n) is 2.13.